The van der Waals surface area contributed by atoms with Crippen molar-refractivity contribution in [3.63, 3.8) is 0 Å². The van der Waals surface area contributed by atoms with Gasteiger partial charge in [0.15, 0.2) is 18.2 Å². The van der Waals surface area contributed by atoms with Gasteiger partial charge in [-0.2, -0.15) is 0 Å². The second kappa shape index (κ2) is 7.27. The molecule has 6 aliphatic rings. The van der Waals surface area contributed by atoms with E-state index in [9.17, 15) is 30.0 Å². The molecular weight excluding hydrogens is 496 g/mol. The van der Waals surface area contributed by atoms with E-state index in [2.05, 4.69) is 0 Å². The molecule has 1 aromatic rings. The average Bonchev–Trinajstić information content (AvgIpc) is 3.22. The van der Waals surface area contributed by atoms with Gasteiger partial charge in [0, 0.05) is 41.4 Å². The van der Waals surface area contributed by atoms with Gasteiger partial charge < -0.3 is 39.1 Å². The number of rotatable bonds is 2. The molecule has 10 nitrogen and oxygen atoms in total. The largest absolute Gasteiger partial charge is 0.472 e. The molecule has 7 rings (SSSR count). The monoisotopic (exact) mass is 532 g/mol. The Morgan fingerprint density at radius 3 is 2.42 bits per heavy atom. The normalized spacial score (nSPS) is 58.3. The number of ketones is 1. The molecule has 2 bridgehead atoms. The Morgan fingerprint density at radius 1 is 1.03 bits per heavy atom. The highest BCUT2D eigenvalue weighted by atomic mass is 16.6. The Morgan fingerprint density at radius 2 is 1.76 bits per heavy atom. The summed E-state index contributed by atoms with van der Waals surface area (Å²) >= 11 is 0. The highest BCUT2D eigenvalue weighted by Gasteiger charge is 2.92. The van der Waals surface area contributed by atoms with E-state index in [1.807, 2.05) is 19.9 Å². The van der Waals surface area contributed by atoms with Crippen molar-refractivity contribution >= 4 is 11.8 Å². The Hall–Kier alpha value is -1.82. The van der Waals surface area contributed by atoms with Crippen LogP contribution >= 0.6 is 0 Å². The molecule has 0 amide bonds. The Balaban J connectivity index is 1.47. The molecule has 2 saturated heterocycles. The maximum absolute atomic E-state index is 14.9. The Labute approximate surface area is 220 Å². The number of carbonyl (C=O) groups is 2. The highest BCUT2D eigenvalue weighted by Crippen LogP contribution is 2.82. The van der Waals surface area contributed by atoms with Crippen molar-refractivity contribution < 1.29 is 48.6 Å². The van der Waals surface area contributed by atoms with Crippen LogP contribution in [0.25, 0.3) is 0 Å². The van der Waals surface area contributed by atoms with Crippen molar-refractivity contribution in [2.24, 2.45) is 33.5 Å². The number of Topliss-reactive ketones (excluding diaryl/α,β-unsaturated/α-hetero) is 1. The molecule has 0 radical (unpaired) electrons. The Bertz CT molecular complexity index is 1200. The quantitative estimate of drug-likeness (QED) is 0.318. The number of epoxide rings is 1. The van der Waals surface area contributed by atoms with Crippen LogP contribution in [-0.4, -0.2) is 81.2 Å². The van der Waals surface area contributed by atoms with E-state index in [0.717, 1.165) is 5.56 Å². The van der Waals surface area contributed by atoms with Gasteiger partial charge in [0.05, 0.1) is 49.0 Å². The van der Waals surface area contributed by atoms with E-state index in [1.165, 1.54) is 6.92 Å². The molecule has 2 unspecified atom stereocenters. The van der Waals surface area contributed by atoms with Gasteiger partial charge in [-0.3, -0.25) is 9.59 Å². The third kappa shape index (κ3) is 2.36. The van der Waals surface area contributed by atoms with Gasteiger partial charge in [-0.25, -0.2) is 0 Å². The van der Waals surface area contributed by atoms with E-state index in [0.29, 0.717) is 6.42 Å². The number of fused-ring (bicyclic) bond motifs is 1. The van der Waals surface area contributed by atoms with E-state index in [1.54, 1.807) is 19.5 Å². The van der Waals surface area contributed by atoms with Gasteiger partial charge in [-0.05, 0) is 30.4 Å². The first-order chi connectivity index (χ1) is 17.8. The molecule has 6 fully saturated rings. The lowest BCUT2D eigenvalue weighted by Crippen LogP contribution is -2.82. The van der Waals surface area contributed by atoms with Crippen molar-refractivity contribution in [1.29, 1.82) is 0 Å². The van der Waals surface area contributed by atoms with E-state index < -0.39 is 75.8 Å². The zero-order valence-electron chi connectivity index (χ0n) is 22.0. The van der Waals surface area contributed by atoms with Crippen molar-refractivity contribution in [1.82, 2.24) is 0 Å². The first-order valence-electron chi connectivity index (χ1n) is 13.6. The average molecular weight is 533 g/mol. The minimum absolute atomic E-state index is 0.0478. The molecular formula is C28H36O10. The fourth-order valence-electron chi connectivity index (χ4n) is 10.6. The van der Waals surface area contributed by atoms with E-state index in [-0.39, 0.29) is 37.3 Å². The van der Waals surface area contributed by atoms with Crippen LogP contribution in [0.2, 0.25) is 0 Å². The Kier molecular flexibility index (Phi) is 4.82. The summed E-state index contributed by atoms with van der Waals surface area (Å²) in [5, 5.41) is 45.7. The maximum atomic E-state index is 14.9. The number of aliphatic hydroxyl groups excluding tert-OH is 4. The summed E-state index contributed by atoms with van der Waals surface area (Å²) in [5.41, 5.74) is -4.77. The topological polar surface area (TPSA) is 159 Å². The summed E-state index contributed by atoms with van der Waals surface area (Å²) in [6.07, 6.45) is -2.28. The SMILES string of the molecule is CC(=O)O[C@H]1C(=O)[C@@H]2[C@@]34COC(O)C(C)([C@H](O)C[C@@H]3O)[C@@H]4C[C@@H](O)[C@@]2(C)[C@@]23O[C@@H]2C[C@@H](c2ccoc2)[C@]13C. The number of ether oxygens (including phenoxy) is 3. The lowest BCUT2D eigenvalue weighted by molar-refractivity contribution is -0.373. The van der Waals surface area contributed by atoms with Gasteiger partial charge in [-0.15, -0.1) is 0 Å². The first-order valence-corrected chi connectivity index (χ1v) is 13.6. The lowest BCUT2D eigenvalue weighted by atomic mass is 9.33. The predicted molar refractivity (Wildman–Crippen MR) is 127 cm³/mol. The molecule has 14 atom stereocenters. The number of hydrogen-bond donors (Lipinski definition) is 4. The molecule has 4 N–H and O–H groups in total. The molecule has 4 saturated carbocycles. The fourth-order valence-corrected chi connectivity index (χ4v) is 10.6. The minimum atomic E-state index is -1.33. The molecule has 2 aliphatic heterocycles. The minimum Gasteiger partial charge on any atom is -0.472 e. The van der Waals surface area contributed by atoms with Gasteiger partial charge in [0.2, 0.25) is 0 Å². The predicted octanol–water partition coefficient (Wildman–Crippen LogP) is 0.895. The third-order valence-corrected chi connectivity index (χ3v) is 12.3. The molecule has 1 aromatic heterocycles. The molecule has 1 spiro atoms. The summed E-state index contributed by atoms with van der Waals surface area (Å²) in [6, 6.07) is 1.85. The van der Waals surface area contributed by atoms with Crippen LogP contribution in [0.1, 0.15) is 58.4 Å². The molecule has 208 valence electrons. The first kappa shape index (κ1) is 25.2. The van der Waals surface area contributed by atoms with Crippen LogP contribution < -0.4 is 0 Å². The summed E-state index contributed by atoms with van der Waals surface area (Å²) in [5.74, 6) is -2.87. The number of aliphatic hydroxyl groups is 4. The maximum Gasteiger partial charge on any atom is 0.303 e. The summed E-state index contributed by atoms with van der Waals surface area (Å²) in [7, 11) is 0. The van der Waals surface area contributed by atoms with E-state index in [4.69, 9.17) is 18.6 Å². The second-order valence-corrected chi connectivity index (χ2v) is 13.3. The van der Waals surface area contributed by atoms with Crippen molar-refractivity contribution in [3.8, 4) is 0 Å². The second-order valence-electron chi connectivity index (χ2n) is 13.3. The van der Waals surface area contributed by atoms with Crippen LogP contribution in [-0.2, 0) is 23.8 Å². The van der Waals surface area contributed by atoms with Gasteiger partial charge in [0.25, 0.3) is 0 Å². The van der Waals surface area contributed by atoms with Crippen molar-refractivity contribution in [2.45, 2.75) is 95.3 Å². The van der Waals surface area contributed by atoms with Gasteiger partial charge in [0.1, 0.15) is 5.60 Å². The van der Waals surface area contributed by atoms with E-state index >= 15 is 0 Å². The summed E-state index contributed by atoms with van der Waals surface area (Å²) in [4.78, 5) is 27.4. The molecule has 0 aromatic carbocycles. The van der Waals surface area contributed by atoms with Crippen molar-refractivity contribution in [2.75, 3.05) is 6.61 Å². The lowest BCUT2D eigenvalue weighted by Gasteiger charge is -2.72. The molecule has 4 aliphatic carbocycles. The third-order valence-electron chi connectivity index (χ3n) is 12.3. The number of carbonyl (C=O) groups excluding carboxylic acids is 2. The van der Waals surface area contributed by atoms with Gasteiger partial charge in [-0.1, -0.05) is 20.8 Å². The van der Waals surface area contributed by atoms with Crippen LogP contribution in [0.5, 0.6) is 0 Å². The number of hydrogen-bond acceptors (Lipinski definition) is 10. The zero-order valence-corrected chi connectivity index (χ0v) is 22.0. The smallest absolute Gasteiger partial charge is 0.303 e. The number of furan rings is 1. The molecule has 10 heteroatoms. The van der Waals surface area contributed by atoms with Crippen LogP contribution in [0.3, 0.4) is 0 Å². The zero-order chi connectivity index (χ0) is 27.2. The van der Waals surface area contributed by atoms with Crippen LogP contribution in [0.15, 0.2) is 23.0 Å². The summed E-state index contributed by atoms with van der Waals surface area (Å²) in [6.45, 7) is 6.61. The summed E-state index contributed by atoms with van der Waals surface area (Å²) < 4.78 is 23.7. The van der Waals surface area contributed by atoms with Crippen molar-refractivity contribution in [3.05, 3.63) is 24.2 Å². The fraction of sp³-hybridized carbons (Fsp3) is 0.786. The van der Waals surface area contributed by atoms with Crippen LogP contribution in [0, 0.1) is 33.5 Å². The standard InChI is InChI=1S/C28H36O10/c1-12(29)37-22-20(33)21-26(4,28-19(38-28)7-14(25(22,28)3)13-5-6-35-10-13)17(31)8-15-24(2)16(30)9-18(32)27(15,21)11-36-23(24)34/h5-6,10,14-19,21-23,30-32,34H,7-9,11H2,1-4H3/t14-,15-,16+,17+,18-,19+,21-,22-,23?,24?,25+,26+,27+,28+/m0/s1. The highest BCUT2D eigenvalue weighted by molar-refractivity contribution is 5.92. The van der Waals surface area contributed by atoms with Crippen LogP contribution in [0.4, 0.5) is 0 Å². The van der Waals surface area contributed by atoms with Gasteiger partial charge >= 0.3 is 5.97 Å². The molecule has 3 heterocycles. The number of esters is 1. The molecule has 38 heavy (non-hydrogen) atoms.